The van der Waals surface area contributed by atoms with Gasteiger partial charge in [0.05, 0.1) is 5.56 Å². The van der Waals surface area contributed by atoms with Crippen molar-refractivity contribution < 1.29 is 13.2 Å². The number of nitrogens with zero attached hydrogens (tertiary/aromatic N) is 3. The third-order valence-corrected chi connectivity index (χ3v) is 5.77. The fourth-order valence-electron chi connectivity index (χ4n) is 3.58. The molecule has 1 saturated carbocycles. The van der Waals surface area contributed by atoms with Crippen LogP contribution in [-0.2, 0) is 6.18 Å². The molecule has 2 heterocycles. The SMILES string of the molecule is O=c1ccnc2sc(N[C@@H]3CCCC[C@@H]3c3ccc(C(F)(F)F)cc3)nn12. The van der Waals surface area contributed by atoms with Gasteiger partial charge in [-0.25, -0.2) is 4.98 Å². The first-order valence-corrected chi connectivity index (χ1v) is 9.52. The van der Waals surface area contributed by atoms with Gasteiger partial charge in [-0.2, -0.15) is 17.7 Å². The summed E-state index contributed by atoms with van der Waals surface area (Å²) >= 11 is 1.29. The summed E-state index contributed by atoms with van der Waals surface area (Å²) in [5, 5.41) is 8.25. The number of aromatic nitrogens is 3. The molecular weight excluding hydrogens is 377 g/mol. The number of hydrogen-bond acceptors (Lipinski definition) is 5. The van der Waals surface area contributed by atoms with E-state index in [-0.39, 0.29) is 17.5 Å². The van der Waals surface area contributed by atoms with Crippen LogP contribution in [0, 0.1) is 0 Å². The van der Waals surface area contributed by atoms with Crippen LogP contribution in [0.2, 0.25) is 0 Å². The second-order valence-corrected chi connectivity index (χ2v) is 7.60. The highest BCUT2D eigenvalue weighted by Gasteiger charge is 2.32. The third kappa shape index (κ3) is 3.69. The van der Waals surface area contributed by atoms with Gasteiger partial charge in [-0.15, -0.1) is 5.10 Å². The maximum Gasteiger partial charge on any atom is 0.416 e. The minimum atomic E-state index is -4.33. The molecule has 0 bridgehead atoms. The van der Waals surface area contributed by atoms with Crippen LogP contribution in [0.5, 0.6) is 0 Å². The predicted octanol–water partition coefficient (Wildman–Crippen LogP) is 4.31. The lowest BCUT2D eigenvalue weighted by atomic mass is 9.80. The molecule has 1 N–H and O–H groups in total. The Labute approximate surface area is 156 Å². The number of halogens is 3. The van der Waals surface area contributed by atoms with Gasteiger partial charge in [-0.1, -0.05) is 36.3 Å². The molecule has 0 radical (unpaired) electrons. The lowest BCUT2D eigenvalue weighted by Crippen LogP contribution is -2.30. The molecule has 0 spiro atoms. The number of rotatable bonds is 3. The molecule has 1 fully saturated rings. The van der Waals surface area contributed by atoms with Gasteiger partial charge in [-0.3, -0.25) is 4.79 Å². The summed E-state index contributed by atoms with van der Waals surface area (Å²) in [6, 6.07) is 6.81. The van der Waals surface area contributed by atoms with E-state index in [9.17, 15) is 18.0 Å². The van der Waals surface area contributed by atoms with Crippen molar-refractivity contribution in [3.63, 3.8) is 0 Å². The molecule has 2 atom stereocenters. The zero-order valence-electron chi connectivity index (χ0n) is 14.2. The highest BCUT2D eigenvalue weighted by atomic mass is 32.1. The van der Waals surface area contributed by atoms with Crippen molar-refractivity contribution in [2.45, 2.75) is 43.8 Å². The van der Waals surface area contributed by atoms with E-state index in [1.165, 1.54) is 28.1 Å². The number of alkyl halides is 3. The zero-order chi connectivity index (χ0) is 19.0. The highest BCUT2D eigenvalue weighted by Crippen LogP contribution is 2.37. The number of anilines is 1. The van der Waals surface area contributed by atoms with Crippen LogP contribution >= 0.6 is 11.3 Å². The van der Waals surface area contributed by atoms with Gasteiger partial charge in [0.2, 0.25) is 10.1 Å². The summed E-state index contributed by atoms with van der Waals surface area (Å²) in [5.41, 5.74) is 0.00651. The Kier molecular flexibility index (Phi) is 4.63. The Hall–Kier alpha value is -2.42. The fraction of sp³-hybridized carbons (Fsp3) is 0.389. The second-order valence-electron chi connectivity index (χ2n) is 6.65. The molecule has 5 nitrogen and oxygen atoms in total. The average molecular weight is 394 g/mol. The first kappa shape index (κ1) is 18.0. The van der Waals surface area contributed by atoms with Crippen LogP contribution in [0.3, 0.4) is 0 Å². The van der Waals surface area contributed by atoms with E-state index in [4.69, 9.17) is 0 Å². The van der Waals surface area contributed by atoms with Crippen molar-refractivity contribution in [1.29, 1.82) is 0 Å². The van der Waals surface area contributed by atoms with Crippen molar-refractivity contribution >= 4 is 21.4 Å². The molecule has 3 aromatic rings. The minimum Gasteiger partial charge on any atom is -0.357 e. The molecule has 1 aliphatic rings. The standard InChI is InChI=1S/C18H17F3N4OS/c19-18(20,21)12-7-5-11(6-8-12)13-3-1-2-4-14(13)23-16-24-25-15(26)9-10-22-17(25)27-16/h5-10,13-14H,1-4H2,(H,23,24)/t13-,14-/m1/s1. The summed E-state index contributed by atoms with van der Waals surface area (Å²) in [4.78, 5) is 16.5. The second kappa shape index (κ2) is 6.95. The molecule has 0 amide bonds. The molecule has 0 unspecified atom stereocenters. The zero-order valence-corrected chi connectivity index (χ0v) is 15.1. The molecule has 2 aromatic heterocycles. The molecule has 4 rings (SSSR count). The maximum atomic E-state index is 12.8. The molecular formula is C18H17F3N4OS. The predicted molar refractivity (Wildman–Crippen MR) is 97.2 cm³/mol. The van der Waals surface area contributed by atoms with Gasteiger partial charge in [0.1, 0.15) is 0 Å². The van der Waals surface area contributed by atoms with E-state index in [0.717, 1.165) is 43.4 Å². The van der Waals surface area contributed by atoms with E-state index in [1.807, 2.05) is 0 Å². The van der Waals surface area contributed by atoms with E-state index in [2.05, 4.69) is 15.4 Å². The summed E-state index contributed by atoms with van der Waals surface area (Å²) in [6.45, 7) is 0. The highest BCUT2D eigenvalue weighted by molar-refractivity contribution is 7.20. The van der Waals surface area contributed by atoms with Crippen LogP contribution in [0.4, 0.5) is 18.3 Å². The molecule has 9 heteroatoms. The summed E-state index contributed by atoms with van der Waals surface area (Å²) in [5.74, 6) is 0.0951. The van der Waals surface area contributed by atoms with Gasteiger partial charge in [0, 0.05) is 24.2 Å². The Morgan fingerprint density at radius 3 is 2.56 bits per heavy atom. The van der Waals surface area contributed by atoms with E-state index in [1.54, 1.807) is 12.1 Å². The van der Waals surface area contributed by atoms with E-state index in [0.29, 0.717) is 10.1 Å². The summed E-state index contributed by atoms with van der Waals surface area (Å²) in [6.07, 6.45) is 0.980. The van der Waals surface area contributed by atoms with Crippen LogP contribution in [0.15, 0.2) is 41.3 Å². The average Bonchev–Trinajstić information content (AvgIpc) is 3.06. The molecule has 27 heavy (non-hydrogen) atoms. The van der Waals surface area contributed by atoms with Crippen molar-refractivity contribution in [2.75, 3.05) is 5.32 Å². The van der Waals surface area contributed by atoms with Gasteiger partial charge < -0.3 is 5.32 Å². The third-order valence-electron chi connectivity index (χ3n) is 4.91. The van der Waals surface area contributed by atoms with Crippen molar-refractivity contribution in [2.24, 2.45) is 0 Å². The first-order chi connectivity index (χ1) is 12.9. The lowest BCUT2D eigenvalue weighted by molar-refractivity contribution is -0.137. The monoisotopic (exact) mass is 394 g/mol. The quantitative estimate of drug-likeness (QED) is 0.719. The minimum absolute atomic E-state index is 0.0479. The molecule has 0 aliphatic heterocycles. The number of fused-ring (bicyclic) bond motifs is 1. The topological polar surface area (TPSA) is 59.3 Å². The largest absolute Gasteiger partial charge is 0.416 e. The number of hydrogen-bond donors (Lipinski definition) is 1. The summed E-state index contributed by atoms with van der Waals surface area (Å²) < 4.78 is 39.7. The van der Waals surface area contributed by atoms with Gasteiger partial charge in [0.15, 0.2) is 0 Å². The van der Waals surface area contributed by atoms with Gasteiger partial charge >= 0.3 is 6.18 Å². The van der Waals surface area contributed by atoms with Crippen LogP contribution in [0.25, 0.3) is 4.96 Å². The van der Waals surface area contributed by atoms with E-state index < -0.39 is 11.7 Å². The normalized spacial score (nSPS) is 20.7. The first-order valence-electron chi connectivity index (χ1n) is 8.70. The van der Waals surface area contributed by atoms with Crippen LogP contribution in [-0.4, -0.2) is 20.6 Å². The van der Waals surface area contributed by atoms with Crippen molar-refractivity contribution in [1.82, 2.24) is 14.6 Å². The van der Waals surface area contributed by atoms with Gasteiger partial charge in [0.25, 0.3) is 5.56 Å². The van der Waals surface area contributed by atoms with Gasteiger partial charge in [-0.05, 0) is 30.5 Å². The molecule has 1 aliphatic carbocycles. The maximum absolute atomic E-state index is 12.8. The lowest BCUT2D eigenvalue weighted by Gasteiger charge is -2.32. The van der Waals surface area contributed by atoms with Crippen molar-refractivity contribution in [3.05, 3.63) is 58.0 Å². The Morgan fingerprint density at radius 1 is 1.11 bits per heavy atom. The van der Waals surface area contributed by atoms with Crippen LogP contribution < -0.4 is 10.9 Å². The Morgan fingerprint density at radius 2 is 1.85 bits per heavy atom. The van der Waals surface area contributed by atoms with E-state index >= 15 is 0 Å². The molecule has 0 saturated heterocycles. The number of nitrogens with one attached hydrogen (secondary N) is 1. The number of benzene rings is 1. The van der Waals surface area contributed by atoms with Crippen molar-refractivity contribution in [3.8, 4) is 0 Å². The van der Waals surface area contributed by atoms with Crippen LogP contribution in [0.1, 0.15) is 42.7 Å². The molecule has 1 aromatic carbocycles. The smallest absolute Gasteiger partial charge is 0.357 e. The molecule has 142 valence electrons. The Bertz CT molecular complexity index is 996. The Balaban J connectivity index is 1.58. The fourth-order valence-corrected chi connectivity index (χ4v) is 4.42. The summed E-state index contributed by atoms with van der Waals surface area (Å²) in [7, 11) is 0.